The zero-order chi connectivity index (χ0) is 40.2. The molecule has 4 heteroatoms. The zero-order valence-electron chi connectivity index (χ0n) is 36.6. The quantitative estimate of drug-likeness (QED) is 0.167. The molecule has 292 valence electrons. The Bertz CT molecular complexity index is 2540. The van der Waals surface area contributed by atoms with Crippen molar-refractivity contribution in [1.29, 1.82) is 0 Å². The van der Waals surface area contributed by atoms with Crippen LogP contribution in [0.25, 0.3) is 11.0 Å². The van der Waals surface area contributed by atoms with Crippen LogP contribution in [0.1, 0.15) is 143 Å². The summed E-state index contributed by atoms with van der Waals surface area (Å²) in [6, 6.07) is 31.4. The first-order valence-corrected chi connectivity index (χ1v) is 21.7. The van der Waals surface area contributed by atoms with Crippen LogP contribution in [0.3, 0.4) is 0 Å². The lowest BCUT2D eigenvalue weighted by molar-refractivity contribution is 0.188. The van der Waals surface area contributed by atoms with E-state index in [9.17, 15) is 0 Å². The predicted molar refractivity (Wildman–Crippen MR) is 243 cm³/mol. The van der Waals surface area contributed by atoms with Gasteiger partial charge in [0.05, 0.1) is 17.4 Å². The van der Waals surface area contributed by atoms with E-state index < -0.39 is 0 Å². The average Bonchev–Trinajstić information content (AvgIpc) is 3.52. The Hall–Kier alpha value is -4.44. The highest BCUT2D eigenvalue weighted by atomic mass is 16.3. The third-order valence-electron chi connectivity index (χ3n) is 15.0. The van der Waals surface area contributed by atoms with Crippen molar-refractivity contribution >= 4 is 51.6 Å². The van der Waals surface area contributed by atoms with E-state index in [1.165, 1.54) is 98.3 Å². The number of anilines is 4. The van der Waals surface area contributed by atoms with Crippen LogP contribution in [0.2, 0.25) is 0 Å². The number of rotatable bonds is 2. The van der Waals surface area contributed by atoms with E-state index in [2.05, 4.69) is 178 Å². The maximum atomic E-state index is 7.49. The molecule has 0 amide bonds. The Morgan fingerprint density at radius 1 is 0.649 bits per heavy atom. The Labute approximate surface area is 342 Å². The normalized spacial score (nSPS) is 24.0. The lowest BCUT2D eigenvalue weighted by Crippen LogP contribution is -2.61. The first-order chi connectivity index (χ1) is 26.7. The number of fused-ring (bicyclic) bond motifs is 8. The maximum absolute atomic E-state index is 7.49. The van der Waals surface area contributed by atoms with Gasteiger partial charge in [-0.2, -0.15) is 0 Å². The van der Waals surface area contributed by atoms with Crippen molar-refractivity contribution in [3.05, 3.63) is 129 Å². The molecule has 1 saturated carbocycles. The minimum absolute atomic E-state index is 0.000756. The van der Waals surface area contributed by atoms with Crippen molar-refractivity contribution < 1.29 is 4.42 Å². The molecule has 11 rings (SSSR count). The molecular weight excluding hydrogens is 691 g/mol. The van der Waals surface area contributed by atoms with Gasteiger partial charge in [-0.1, -0.05) is 118 Å². The molecule has 6 aliphatic rings. The summed E-state index contributed by atoms with van der Waals surface area (Å²) >= 11 is 0. The van der Waals surface area contributed by atoms with Crippen LogP contribution in [-0.2, 0) is 27.1 Å². The molecular formula is C53H61BN2O. The second-order valence-electron chi connectivity index (χ2n) is 22.1. The topological polar surface area (TPSA) is 19.6 Å². The Morgan fingerprint density at radius 2 is 1.18 bits per heavy atom. The van der Waals surface area contributed by atoms with E-state index in [-0.39, 0.29) is 39.8 Å². The molecule has 3 nitrogen and oxygen atoms in total. The van der Waals surface area contributed by atoms with Crippen LogP contribution < -0.4 is 20.9 Å². The minimum atomic E-state index is 0.000756. The second kappa shape index (κ2) is 11.8. The van der Waals surface area contributed by atoms with E-state index in [4.69, 9.17) is 4.42 Å². The van der Waals surface area contributed by atoms with Crippen LogP contribution in [-0.4, -0.2) is 12.8 Å². The van der Waals surface area contributed by atoms with Crippen LogP contribution in [0.4, 0.5) is 22.7 Å². The molecule has 1 aromatic heterocycles. The van der Waals surface area contributed by atoms with Crippen LogP contribution in [0.15, 0.2) is 106 Å². The fraction of sp³-hybridized carbons (Fsp3) is 0.434. The molecule has 57 heavy (non-hydrogen) atoms. The van der Waals surface area contributed by atoms with Gasteiger partial charge in [-0.3, -0.25) is 0 Å². The van der Waals surface area contributed by atoms with Crippen molar-refractivity contribution in [2.75, 3.05) is 9.80 Å². The third-order valence-corrected chi connectivity index (χ3v) is 15.0. The number of furan rings is 1. The summed E-state index contributed by atoms with van der Waals surface area (Å²) in [6.07, 6.45) is 8.51. The molecule has 2 aliphatic heterocycles. The number of benzene rings is 4. The molecule has 1 atom stereocenters. The van der Waals surface area contributed by atoms with E-state index in [0.29, 0.717) is 0 Å². The van der Waals surface area contributed by atoms with Crippen LogP contribution in [0, 0.1) is 0 Å². The molecule has 3 heterocycles. The van der Waals surface area contributed by atoms with Crippen molar-refractivity contribution in [3.8, 4) is 0 Å². The van der Waals surface area contributed by atoms with Gasteiger partial charge < -0.3 is 14.2 Å². The molecule has 1 unspecified atom stereocenters. The van der Waals surface area contributed by atoms with E-state index in [0.717, 1.165) is 17.7 Å². The standard InChI is InChI=1S/C53H61BN2O/c1-32-27-43-46-44(28-32)56(37-20-15-34(16-21-37)50(5,6)7)47-38-30-39-40(53(12)25-23-52(39,11)24-26-53)31-45(38)57-48(47)54(46)41-29-35(51(8,9)10)17-22-42(41)55(43)36-18-13-33(14-19-36)49(2,3)4/h13-22,27,29-31,44H,23-26,28H2,1-12H3. The summed E-state index contributed by atoms with van der Waals surface area (Å²) < 4.78 is 7.49. The molecule has 0 N–H and O–H groups in total. The van der Waals surface area contributed by atoms with Crippen molar-refractivity contribution in [2.24, 2.45) is 0 Å². The van der Waals surface area contributed by atoms with E-state index >= 15 is 0 Å². The molecule has 0 spiro atoms. The highest BCUT2D eigenvalue weighted by molar-refractivity contribution is 6.93. The summed E-state index contributed by atoms with van der Waals surface area (Å²) in [5.74, 6) is 0. The van der Waals surface area contributed by atoms with Gasteiger partial charge in [0, 0.05) is 28.1 Å². The SMILES string of the molecule is CC1=CC2=C3B(c4cc(C(C)(C)C)ccc4N2c2ccc(C(C)(C)C)cc2)c2oc4cc5c(cc4c2N(c2ccc(C(C)(C)C)cc2)C3C1)C1(C)CCC5(C)CC1. The largest absolute Gasteiger partial charge is 0.468 e. The van der Waals surface area contributed by atoms with Gasteiger partial charge in [-0.05, 0) is 153 Å². The first-order valence-electron chi connectivity index (χ1n) is 21.7. The van der Waals surface area contributed by atoms with Gasteiger partial charge in [0.25, 0.3) is 6.71 Å². The summed E-state index contributed by atoms with van der Waals surface area (Å²) in [5, 5.41) is 1.28. The van der Waals surface area contributed by atoms with Gasteiger partial charge >= 0.3 is 0 Å². The summed E-state index contributed by atoms with van der Waals surface area (Å²) in [5.41, 5.74) is 20.4. The molecule has 1 fully saturated rings. The Kier molecular flexibility index (Phi) is 7.65. The van der Waals surface area contributed by atoms with Crippen molar-refractivity contribution in [1.82, 2.24) is 0 Å². The molecule has 2 bridgehead atoms. The lowest BCUT2D eigenvalue weighted by Gasteiger charge is -2.52. The molecule has 5 aromatic rings. The highest BCUT2D eigenvalue weighted by Crippen LogP contribution is 2.58. The zero-order valence-corrected chi connectivity index (χ0v) is 36.6. The predicted octanol–water partition coefficient (Wildman–Crippen LogP) is 12.9. The average molecular weight is 753 g/mol. The van der Waals surface area contributed by atoms with Gasteiger partial charge in [-0.15, -0.1) is 0 Å². The highest BCUT2D eigenvalue weighted by Gasteiger charge is 2.53. The lowest BCUT2D eigenvalue weighted by atomic mass is 9.33. The van der Waals surface area contributed by atoms with Gasteiger partial charge in [0.1, 0.15) is 5.58 Å². The maximum Gasteiger partial charge on any atom is 0.292 e. The monoisotopic (exact) mass is 752 g/mol. The number of nitrogens with zero attached hydrogens (tertiary/aromatic N) is 2. The smallest absolute Gasteiger partial charge is 0.292 e. The molecule has 4 aromatic carbocycles. The van der Waals surface area contributed by atoms with E-state index in [1.807, 2.05) is 0 Å². The summed E-state index contributed by atoms with van der Waals surface area (Å²) in [7, 11) is 0. The molecule has 0 radical (unpaired) electrons. The van der Waals surface area contributed by atoms with Crippen LogP contribution in [0.5, 0.6) is 0 Å². The fourth-order valence-electron chi connectivity index (χ4n) is 11.2. The van der Waals surface area contributed by atoms with E-state index in [1.54, 1.807) is 5.56 Å². The van der Waals surface area contributed by atoms with Gasteiger partial charge in [0.15, 0.2) is 0 Å². The number of hydrogen-bond donors (Lipinski definition) is 0. The first kappa shape index (κ1) is 36.9. The number of hydrogen-bond acceptors (Lipinski definition) is 3. The fourth-order valence-corrected chi connectivity index (χ4v) is 11.2. The Balaban J connectivity index is 1.29. The van der Waals surface area contributed by atoms with Crippen molar-refractivity contribution in [2.45, 2.75) is 148 Å². The molecule has 4 aliphatic carbocycles. The van der Waals surface area contributed by atoms with Gasteiger partial charge in [-0.25, -0.2) is 0 Å². The minimum Gasteiger partial charge on any atom is -0.468 e. The summed E-state index contributed by atoms with van der Waals surface area (Å²) in [4.78, 5) is 5.27. The van der Waals surface area contributed by atoms with Gasteiger partial charge in [0.2, 0.25) is 0 Å². The second-order valence-corrected chi connectivity index (χ2v) is 22.1. The van der Waals surface area contributed by atoms with Crippen molar-refractivity contribution in [3.63, 3.8) is 0 Å². The Morgan fingerprint density at radius 3 is 1.74 bits per heavy atom. The summed E-state index contributed by atoms with van der Waals surface area (Å²) in [6.45, 7) is 28.3. The number of allylic oxidation sites excluding steroid dienone is 1. The molecule has 0 saturated heterocycles. The third kappa shape index (κ3) is 5.44. The van der Waals surface area contributed by atoms with Crippen LogP contribution >= 0.6 is 0 Å².